The summed E-state index contributed by atoms with van der Waals surface area (Å²) < 4.78 is 48.6. The number of halogens is 2. The molecule has 2 aromatic heterocycles. The molecule has 1 N–H and O–H groups in total. The highest BCUT2D eigenvalue weighted by molar-refractivity contribution is 9.10. The van der Waals surface area contributed by atoms with E-state index < -0.39 is 21.6 Å². The summed E-state index contributed by atoms with van der Waals surface area (Å²) >= 11 is 4.20. The number of aromatic nitrogens is 4. The lowest BCUT2D eigenvalue weighted by Gasteiger charge is -2.04. The van der Waals surface area contributed by atoms with Crippen molar-refractivity contribution >= 4 is 37.7 Å². The summed E-state index contributed by atoms with van der Waals surface area (Å²) in [5, 5.41) is 11.5. The molecule has 0 aliphatic carbocycles. The topological polar surface area (TPSA) is 133 Å². The van der Waals surface area contributed by atoms with Crippen molar-refractivity contribution in [2.45, 2.75) is 5.03 Å². The lowest BCUT2D eigenvalue weighted by Crippen LogP contribution is -2.24. The van der Waals surface area contributed by atoms with Crippen molar-refractivity contribution in [3.8, 4) is 17.2 Å². The molecule has 0 atom stereocenters. The minimum atomic E-state index is -3.31. The predicted molar refractivity (Wildman–Crippen MR) is 96.6 cm³/mol. The normalized spacial score (nSPS) is 11.8. The molecule has 0 aliphatic rings. The molecule has 144 valence electrons. The molecule has 0 fully saturated rings. The fourth-order valence-electron chi connectivity index (χ4n) is 2.04. The molecule has 10 nitrogen and oxygen atoms in total. The lowest BCUT2D eigenvalue weighted by molar-refractivity contribution is 0.299. The first-order valence-corrected chi connectivity index (χ1v) is 10.9. The Labute approximate surface area is 164 Å². The van der Waals surface area contributed by atoms with Crippen molar-refractivity contribution in [1.29, 1.82) is 0 Å². The lowest BCUT2D eigenvalue weighted by atomic mass is 10.3. The molecule has 1 aromatic carbocycles. The van der Waals surface area contributed by atoms with Crippen LogP contribution >= 0.6 is 27.7 Å². The number of benzene rings is 1. The number of sulfonamides is 1. The highest BCUT2D eigenvalue weighted by Crippen LogP contribution is 2.28. The molecule has 14 heteroatoms. The second-order valence-corrected chi connectivity index (χ2v) is 8.91. The van der Waals surface area contributed by atoms with Crippen molar-refractivity contribution in [1.82, 2.24) is 24.8 Å². The first-order valence-electron chi connectivity index (χ1n) is 7.21. The smallest absolute Gasteiger partial charge is 0.295 e. The first kappa shape index (κ1) is 19.7. The van der Waals surface area contributed by atoms with Gasteiger partial charge in [0.2, 0.25) is 15.8 Å². The maximum Gasteiger partial charge on any atom is 0.446 e. The summed E-state index contributed by atoms with van der Waals surface area (Å²) in [5.74, 6) is -0.958. The van der Waals surface area contributed by atoms with Crippen molar-refractivity contribution in [2.75, 3.05) is 18.6 Å². The second-order valence-electron chi connectivity index (χ2n) is 5.14. The molecule has 0 unspecified atom stereocenters. The van der Waals surface area contributed by atoms with Crippen molar-refractivity contribution < 1.29 is 22.0 Å². The third kappa shape index (κ3) is 4.63. The number of nitrogens with zero attached hydrogens (tertiary/aromatic N) is 4. The molecule has 3 aromatic rings. The van der Waals surface area contributed by atoms with Gasteiger partial charge in [0.25, 0.3) is 0 Å². The zero-order valence-corrected chi connectivity index (χ0v) is 16.8. The average Bonchev–Trinajstić information content (AvgIpc) is 3.19. The number of nitrogens with one attached hydrogen (secondary N) is 1. The third-order valence-electron chi connectivity index (χ3n) is 3.14. The Kier molecular flexibility index (Phi) is 5.78. The van der Waals surface area contributed by atoms with Crippen LogP contribution in [0.15, 0.2) is 41.6 Å². The van der Waals surface area contributed by atoms with Gasteiger partial charge < -0.3 is 0 Å². The molecule has 0 amide bonds. The predicted octanol–water partition coefficient (Wildman–Crippen LogP) is 1.42. The Morgan fingerprint density at radius 3 is 2.81 bits per heavy atom. The van der Waals surface area contributed by atoms with Crippen LogP contribution in [-0.2, 0) is 10.0 Å². The minimum absolute atomic E-state index is 0.0123. The highest BCUT2D eigenvalue weighted by Gasteiger charge is 2.23. The fourth-order valence-corrected chi connectivity index (χ4v) is 3.76. The van der Waals surface area contributed by atoms with Gasteiger partial charge in [-0.2, -0.15) is 0 Å². The summed E-state index contributed by atoms with van der Waals surface area (Å²) in [6.07, 6.45) is 1.05. The first-order chi connectivity index (χ1) is 12.8. The van der Waals surface area contributed by atoms with Gasteiger partial charge in [0.05, 0.1) is 16.4 Å². The van der Waals surface area contributed by atoms with E-state index in [2.05, 4.69) is 36.1 Å². The van der Waals surface area contributed by atoms with Gasteiger partial charge in [0.1, 0.15) is 5.82 Å². The van der Waals surface area contributed by atoms with Gasteiger partial charge in [-0.05, 0) is 44.4 Å². The van der Waals surface area contributed by atoms with Crippen LogP contribution in [0.1, 0.15) is 0 Å². The summed E-state index contributed by atoms with van der Waals surface area (Å²) in [4.78, 5) is 12.1. The van der Waals surface area contributed by atoms with Crippen LogP contribution in [0.25, 0.3) is 17.2 Å². The molecule has 0 spiro atoms. The Morgan fingerprint density at radius 2 is 2.11 bits per heavy atom. The van der Waals surface area contributed by atoms with E-state index in [0.29, 0.717) is 11.4 Å². The van der Waals surface area contributed by atoms with Gasteiger partial charge in [0.15, 0.2) is 10.7 Å². The van der Waals surface area contributed by atoms with Gasteiger partial charge in [-0.1, -0.05) is 16.9 Å². The Balaban J connectivity index is 1.89. The summed E-state index contributed by atoms with van der Waals surface area (Å²) in [6, 6.07) is 3.93. The van der Waals surface area contributed by atoms with Gasteiger partial charge in [-0.15, -0.1) is 0 Å². The minimum Gasteiger partial charge on any atom is -0.295 e. The van der Waals surface area contributed by atoms with E-state index in [1.807, 2.05) is 0 Å². The van der Waals surface area contributed by atoms with Crippen molar-refractivity contribution in [2.24, 2.45) is 0 Å². The molecule has 0 saturated carbocycles. The van der Waals surface area contributed by atoms with E-state index in [1.165, 1.54) is 18.2 Å². The van der Waals surface area contributed by atoms with E-state index in [0.717, 1.165) is 22.6 Å². The average molecular weight is 480 g/mol. The Hall–Kier alpha value is -2.03. The van der Waals surface area contributed by atoms with Crippen LogP contribution in [0, 0.1) is 5.82 Å². The fraction of sp³-hybridized carbons (Fsp3) is 0.231. The van der Waals surface area contributed by atoms with E-state index >= 15 is 0 Å². The summed E-state index contributed by atoms with van der Waals surface area (Å²) in [7, 11) is -3.31. The highest BCUT2D eigenvalue weighted by atomic mass is 79.9. The van der Waals surface area contributed by atoms with Crippen LogP contribution in [0.5, 0.6) is 0 Å². The van der Waals surface area contributed by atoms with Crippen molar-refractivity contribution in [3.63, 3.8) is 0 Å². The van der Waals surface area contributed by atoms with Gasteiger partial charge in [-0.3, -0.25) is 4.52 Å². The zero-order chi connectivity index (χ0) is 19.6. The quantitative estimate of drug-likeness (QED) is 0.394. The Bertz CT molecular complexity index is 1130. The number of thioether (sulfide) groups is 1. The third-order valence-corrected chi connectivity index (χ3v) is 5.43. The van der Waals surface area contributed by atoms with Crippen LogP contribution in [-0.4, -0.2) is 47.0 Å². The molecule has 0 radical (unpaired) electrons. The summed E-state index contributed by atoms with van der Waals surface area (Å²) in [5.41, 5.74) is 0.424. The van der Waals surface area contributed by atoms with E-state index in [9.17, 15) is 17.6 Å². The Morgan fingerprint density at radius 1 is 1.33 bits per heavy atom. The van der Waals surface area contributed by atoms with Crippen LogP contribution in [0.2, 0.25) is 0 Å². The van der Waals surface area contributed by atoms with E-state index in [4.69, 9.17) is 9.15 Å². The molecule has 0 bridgehead atoms. The molecular weight excluding hydrogens is 469 g/mol. The van der Waals surface area contributed by atoms with Gasteiger partial charge in [-0.25, -0.2) is 31.5 Å². The molecule has 0 aliphatic heterocycles. The van der Waals surface area contributed by atoms with E-state index in [1.54, 1.807) is 0 Å². The van der Waals surface area contributed by atoms with Gasteiger partial charge >= 0.3 is 5.76 Å². The molecule has 2 heterocycles. The zero-order valence-electron chi connectivity index (χ0n) is 13.5. The molecule has 0 saturated heterocycles. The SMILES string of the molecule is CS(=O)(=O)NCCSc1nonc1-c1noc(=O)n1-c1ccc(F)c(Br)c1. The number of rotatable bonds is 7. The number of hydrogen-bond donors (Lipinski definition) is 1. The van der Waals surface area contributed by atoms with Gasteiger partial charge in [0, 0.05) is 12.3 Å². The molecule has 27 heavy (non-hydrogen) atoms. The maximum absolute atomic E-state index is 13.5. The largest absolute Gasteiger partial charge is 0.446 e. The monoisotopic (exact) mass is 479 g/mol. The van der Waals surface area contributed by atoms with E-state index in [-0.39, 0.29) is 27.6 Å². The molecule has 3 rings (SSSR count). The maximum atomic E-state index is 13.5. The standard InChI is InChI=1S/C13H11BrFN5O5S2/c1-27(22,23)16-4-5-26-12-10(17-25-19-12)11-18-24-13(21)20(11)7-2-3-9(15)8(14)6-7/h2-3,6,16H,4-5H2,1H3. The van der Waals surface area contributed by atoms with Crippen LogP contribution in [0.3, 0.4) is 0 Å². The van der Waals surface area contributed by atoms with Crippen LogP contribution in [0.4, 0.5) is 4.39 Å². The van der Waals surface area contributed by atoms with Crippen molar-refractivity contribution in [3.05, 3.63) is 39.0 Å². The second kappa shape index (κ2) is 7.92. The summed E-state index contributed by atoms with van der Waals surface area (Å²) in [6.45, 7) is 0.159. The number of hydrogen-bond acceptors (Lipinski definition) is 9. The van der Waals surface area contributed by atoms with Crippen LogP contribution < -0.4 is 10.5 Å². The molecular formula is C13H11BrFN5O5S2.